The van der Waals surface area contributed by atoms with Crippen molar-refractivity contribution in [3.8, 4) is 5.88 Å². The van der Waals surface area contributed by atoms with Crippen molar-refractivity contribution in [2.24, 2.45) is 0 Å². The summed E-state index contributed by atoms with van der Waals surface area (Å²) in [5.74, 6) is 1.53. The average molecular weight is 405 g/mol. The Morgan fingerprint density at radius 2 is 2.03 bits per heavy atom. The molecule has 0 saturated carbocycles. The Bertz CT molecular complexity index is 1210. The normalized spacial score (nSPS) is 12.9. The average Bonchev–Trinajstić information content (AvgIpc) is 3.29. The molecule has 146 valence electrons. The predicted octanol–water partition coefficient (Wildman–Crippen LogP) is 3.58. The van der Waals surface area contributed by atoms with Gasteiger partial charge in [0.2, 0.25) is 17.8 Å². The van der Waals surface area contributed by atoms with E-state index in [4.69, 9.17) is 10.5 Å². The van der Waals surface area contributed by atoms with Crippen LogP contribution in [0.3, 0.4) is 0 Å². The van der Waals surface area contributed by atoms with Gasteiger partial charge in [0.05, 0.1) is 5.39 Å². The Labute approximate surface area is 171 Å². The number of rotatable bonds is 5. The molecule has 0 radical (unpaired) electrons. The van der Waals surface area contributed by atoms with E-state index in [-0.39, 0.29) is 12.6 Å². The second-order valence-electron chi connectivity index (χ2n) is 6.88. The SMILES string of the molecule is Cc1ccccc1Nc1nc(N)nc(COc2ncnc3sc4c(c23)CCC4)n1. The van der Waals surface area contributed by atoms with E-state index in [2.05, 4.69) is 30.2 Å². The van der Waals surface area contributed by atoms with Gasteiger partial charge in [0.15, 0.2) is 5.82 Å². The summed E-state index contributed by atoms with van der Waals surface area (Å²) in [7, 11) is 0. The van der Waals surface area contributed by atoms with Crippen molar-refractivity contribution in [1.29, 1.82) is 0 Å². The zero-order valence-electron chi connectivity index (χ0n) is 15.8. The van der Waals surface area contributed by atoms with Crippen molar-refractivity contribution in [3.05, 3.63) is 52.4 Å². The van der Waals surface area contributed by atoms with E-state index in [9.17, 15) is 0 Å². The van der Waals surface area contributed by atoms with Crippen LogP contribution in [0.4, 0.5) is 17.6 Å². The van der Waals surface area contributed by atoms with Gasteiger partial charge in [-0.05, 0) is 43.4 Å². The van der Waals surface area contributed by atoms with Crippen LogP contribution < -0.4 is 15.8 Å². The summed E-state index contributed by atoms with van der Waals surface area (Å²) in [6.45, 7) is 2.16. The van der Waals surface area contributed by atoms with E-state index < -0.39 is 0 Å². The number of nitrogens with one attached hydrogen (secondary N) is 1. The molecule has 0 fully saturated rings. The van der Waals surface area contributed by atoms with E-state index >= 15 is 0 Å². The highest BCUT2D eigenvalue weighted by Crippen LogP contribution is 2.39. The summed E-state index contributed by atoms with van der Waals surface area (Å²) >= 11 is 1.73. The molecule has 0 bridgehead atoms. The summed E-state index contributed by atoms with van der Waals surface area (Å²) in [6.07, 6.45) is 4.86. The van der Waals surface area contributed by atoms with Gasteiger partial charge in [-0.3, -0.25) is 0 Å². The first-order valence-corrected chi connectivity index (χ1v) is 10.2. The Hall–Kier alpha value is -3.33. The minimum atomic E-state index is 0.138. The summed E-state index contributed by atoms with van der Waals surface area (Å²) in [4.78, 5) is 23.9. The first-order valence-electron chi connectivity index (χ1n) is 9.38. The molecule has 5 rings (SSSR count). The van der Waals surface area contributed by atoms with Crippen molar-refractivity contribution < 1.29 is 4.74 Å². The lowest BCUT2D eigenvalue weighted by Gasteiger charge is -2.10. The number of nitrogens with zero attached hydrogens (tertiary/aromatic N) is 5. The van der Waals surface area contributed by atoms with Gasteiger partial charge in [0, 0.05) is 10.6 Å². The van der Waals surface area contributed by atoms with Crippen molar-refractivity contribution in [2.45, 2.75) is 32.8 Å². The van der Waals surface area contributed by atoms with E-state index in [0.717, 1.165) is 34.3 Å². The summed E-state index contributed by atoms with van der Waals surface area (Å²) in [5.41, 5.74) is 9.20. The minimum Gasteiger partial charge on any atom is -0.469 e. The van der Waals surface area contributed by atoms with Crippen LogP contribution in [0.1, 0.15) is 28.2 Å². The summed E-state index contributed by atoms with van der Waals surface area (Å²) in [6, 6.07) is 7.89. The third-order valence-corrected chi connectivity index (χ3v) is 6.09. The highest BCUT2D eigenvalue weighted by atomic mass is 32.1. The zero-order chi connectivity index (χ0) is 19.8. The topological polar surface area (TPSA) is 112 Å². The molecule has 0 amide bonds. The van der Waals surface area contributed by atoms with Crippen LogP contribution in [0, 0.1) is 6.92 Å². The number of fused-ring (bicyclic) bond motifs is 3. The first-order chi connectivity index (χ1) is 14.2. The van der Waals surface area contributed by atoms with E-state index in [1.807, 2.05) is 31.2 Å². The molecule has 3 aromatic heterocycles. The standard InChI is InChI=1S/C20H19N7OS/c1-11-5-2-3-7-13(11)24-20-26-15(25-19(21)27-20)9-28-17-16-12-6-4-8-14(12)29-18(16)23-10-22-17/h2-3,5,7,10H,4,6,8-9H2,1H3,(H3,21,24,25,26,27). The second-order valence-corrected chi connectivity index (χ2v) is 7.96. The second kappa shape index (κ2) is 7.25. The van der Waals surface area contributed by atoms with Crippen molar-refractivity contribution in [2.75, 3.05) is 11.1 Å². The predicted molar refractivity (Wildman–Crippen MR) is 112 cm³/mol. The maximum atomic E-state index is 5.99. The lowest BCUT2D eigenvalue weighted by Crippen LogP contribution is -2.10. The van der Waals surface area contributed by atoms with Gasteiger partial charge in [-0.25, -0.2) is 9.97 Å². The summed E-state index contributed by atoms with van der Waals surface area (Å²) < 4.78 is 5.99. The fourth-order valence-corrected chi connectivity index (χ4v) is 4.75. The molecule has 0 unspecified atom stereocenters. The highest BCUT2D eigenvalue weighted by Gasteiger charge is 2.22. The van der Waals surface area contributed by atoms with Gasteiger partial charge >= 0.3 is 0 Å². The van der Waals surface area contributed by atoms with Crippen LogP contribution in [0.15, 0.2) is 30.6 Å². The molecule has 0 atom stereocenters. The first kappa shape index (κ1) is 17.7. The Balaban J connectivity index is 1.40. The lowest BCUT2D eigenvalue weighted by molar-refractivity contribution is 0.287. The molecule has 0 saturated heterocycles. The molecular formula is C20H19N7OS. The van der Waals surface area contributed by atoms with Crippen LogP contribution in [0.2, 0.25) is 0 Å². The number of thiophene rings is 1. The van der Waals surface area contributed by atoms with Crippen molar-refractivity contribution in [3.63, 3.8) is 0 Å². The fraction of sp³-hybridized carbons (Fsp3) is 0.250. The Kier molecular flexibility index (Phi) is 4.44. The van der Waals surface area contributed by atoms with E-state index in [1.54, 1.807) is 11.3 Å². The number of nitrogens with two attached hydrogens (primary N) is 1. The number of anilines is 3. The molecule has 1 aliphatic rings. The van der Waals surface area contributed by atoms with Crippen LogP contribution in [-0.2, 0) is 19.4 Å². The molecule has 0 aliphatic heterocycles. The molecule has 1 aromatic carbocycles. The maximum Gasteiger partial charge on any atom is 0.232 e. The van der Waals surface area contributed by atoms with Crippen molar-refractivity contribution >= 4 is 39.1 Å². The third-order valence-electron chi connectivity index (χ3n) is 4.90. The number of ether oxygens (including phenoxy) is 1. The van der Waals surface area contributed by atoms with Gasteiger partial charge < -0.3 is 15.8 Å². The van der Waals surface area contributed by atoms with Gasteiger partial charge in [0.1, 0.15) is 17.8 Å². The minimum absolute atomic E-state index is 0.138. The molecule has 3 heterocycles. The largest absolute Gasteiger partial charge is 0.469 e. The maximum absolute atomic E-state index is 5.99. The van der Waals surface area contributed by atoms with Gasteiger partial charge in [-0.2, -0.15) is 15.0 Å². The van der Waals surface area contributed by atoms with Gasteiger partial charge in [-0.1, -0.05) is 18.2 Å². The number of aryl methyl sites for hydroxylation is 3. The molecule has 8 nitrogen and oxygen atoms in total. The fourth-order valence-electron chi connectivity index (χ4n) is 3.53. The lowest BCUT2D eigenvalue weighted by atomic mass is 10.2. The molecule has 3 N–H and O–H groups in total. The smallest absolute Gasteiger partial charge is 0.232 e. The van der Waals surface area contributed by atoms with E-state index in [0.29, 0.717) is 17.7 Å². The van der Waals surface area contributed by atoms with E-state index in [1.165, 1.54) is 23.2 Å². The number of benzene rings is 1. The molecular weight excluding hydrogens is 386 g/mol. The number of hydrogen-bond donors (Lipinski definition) is 2. The molecule has 4 aromatic rings. The monoisotopic (exact) mass is 405 g/mol. The molecule has 1 aliphatic carbocycles. The number of para-hydroxylation sites is 1. The van der Waals surface area contributed by atoms with Crippen LogP contribution >= 0.6 is 11.3 Å². The molecule has 0 spiro atoms. The Morgan fingerprint density at radius 3 is 2.93 bits per heavy atom. The molecule has 29 heavy (non-hydrogen) atoms. The third kappa shape index (κ3) is 3.44. The number of nitrogen functional groups attached to an aromatic ring is 1. The molecule has 9 heteroatoms. The highest BCUT2D eigenvalue weighted by molar-refractivity contribution is 7.18. The number of hydrogen-bond acceptors (Lipinski definition) is 9. The quantitative estimate of drug-likeness (QED) is 0.518. The van der Waals surface area contributed by atoms with Gasteiger partial charge in [0.25, 0.3) is 0 Å². The van der Waals surface area contributed by atoms with Crippen LogP contribution in [-0.4, -0.2) is 24.9 Å². The summed E-state index contributed by atoms with van der Waals surface area (Å²) in [5, 5.41) is 4.21. The van der Waals surface area contributed by atoms with Crippen LogP contribution in [0.25, 0.3) is 10.2 Å². The van der Waals surface area contributed by atoms with Crippen molar-refractivity contribution in [1.82, 2.24) is 24.9 Å². The zero-order valence-corrected chi connectivity index (χ0v) is 16.7. The Morgan fingerprint density at radius 1 is 1.14 bits per heavy atom. The van der Waals surface area contributed by atoms with Crippen LogP contribution in [0.5, 0.6) is 5.88 Å². The van der Waals surface area contributed by atoms with Gasteiger partial charge in [-0.15, -0.1) is 11.3 Å². The number of aromatic nitrogens is 5.